The zero-order valence-electron chi connectivity index (χ0n) is 18.0. The highest BCUT2D eigenvalue weighted by atomic mass is 19.1. The normalized spacial score (nSPS) is 20.9. The molecule has 2 fully saturated rings. The average Bonchev–Trinajstić information content (AvgIpc) is 3.24. The number of fused-ring (bicyclic) bond motifs is 2. The number of anilines is 1. The summed E-state index contributed by atoms with van der Waals surface area (Å²) in [5, 5.41) is 15.9. The molecule has 0 bridgehead atoms. The Morgan fingerprint density at radius 1 is 1.27 bits per heavy atom. The van der Waals surface area contributed by atoms with Crippen LogP contribution in [0.15, 0.2) is 30.6 Å². The van der Waals surface area contributed by atoms with Crippen LogP contribution in [-0.4, -0.2) is 67.7 Å². The van der Waals surface area contributed by atoms with Crippen LogP contribution >= 0.6 is 0 Å². The van der Waals surface area contributed by atoms with Crippen LogP contribution in [0.3, 0.4) is 0 Å². The molecule has 10 nitrogen and oxygen atoms in total. The van der Waals surface area contributed by atoms with Crippen LogP contribution in [0.25, 0.3) is 28.1 Å². The number of carbonyl (C=O) groups excluding carboxylic acids is 1. The monoisotopic (exact) mass is 450 g/mol. The second-order valence-corrected chi connectivity index (χ2v) is 8.41. The van der Waals surface area contributed by atoms with Gasteiger partial charge in [-0.05, 0) is 25.0 Å². The van der Waals surface area contributed by atoms with Crippen molar-refractivity contribution in [1.82, 2.24) is 34.7 Å². The minimum atomic E-state index is -0.986. The van der Waals surface area contributed by atoms with E-state index < -0.39 is 12.2 Å². The Labute approximate surface area is 188 Å². The lowest BCUT2D eigenvalue weighted by atomic mass is 10.1. The number of hydrogen-bond donors (Lipinski definition) is 2. The Bertz CT molecular complexity index is 1360. The summed E-state index contributed by atoms with van der Waals surface area (Å²) in [6.07, 6.45) is 4.30. The molecule has 11 heteroatoms. The van der Waals surface area contributed by atoms with E-state index in [1.54, 1.807) is 17.8 Å². The first-order valence-electron chi connectivity index (χ1n) is 11.1. The van der Waals surface area contributed by atoms with Crippen molar-refractivity contribution in [3.63, 3.8) is 0 Å². The second kappa shape index (κ2) is 7.77. The number of nitrogens with zero attached hydrogens (tertiary/aromatic N) is 6. The van der Waals surface area contributed by atoms with Gasteiger partial charge in [-0.1, -0.05) is 0 Å². The molecule has 170 valence electrons. The number of pyridine rings is 1. The molecule has 4 aromatic heterocycles. The molecule has 0 unspecified atom stereocenters. The number of rotatable bonds is 5. The third kappa shape index (κ3) is 3.39. The smallest absolute Gasteiger partial charge is 0.257 e. The van der Waals surface area contributed by atoms with Gasteiger partial charge in [-0.25, -0.2) is 19.0 Å². The van der Waals surface area contributed by atoms with E-state index in [0.29, 0.717) is 48.1 Å². The fourth-order valence-corrected chi connectivity index (χ4v) is 4.33. The zero-order chi connectivity index (χ0) is 22.5. The van der Waals surface area contributed by atoms with Gasteiger partial charge in [0.2, 0.25) is 0 Å². The summed E-state index contributed by atoms with van der Waals surface area (Å²) in [6, 6.07) is 5.46. The molecule has 0 radical (unpaired) electrons. The van der Waals surface area contributed by atoms with E-state index in [0.717, 1.165) is 23.9 Å². The van der Waals surface area contributed by atoms with Gasteiger partial charge in [0.05, 0.1) is 24.0 Å². The van der Waals surface area contributed by atoms with Crippen LogP contribution in [-0.2, 0) is 4.74 Å². The standard InChI is InChI=1S/C22H23FN8O2/c1-24-18-10-17(27-21-14(11-26-31(18)21)22(32)28-16-9-15(16)23)19-13-3-2-6-25-20(13)30(29-19)12-4-7-33-8-5-12/h2-3,6,10-12,15-16,24H,4-5,7-9H2,1H3,(H,28,32)/t15-,16+/m1/s1. The highest BCUT2D eigenvalue weighted by molar-refractivity contribution is 6.01. The van der Waals surface area contributed by atoms with Crippen molar-refractivity contribution < 1.29 is 13.9 Å². The first-order chi connectivity index (χ1) is 16.1. The predicted molar refractivity (Wildman–Crippen MR) is 119 cm³/mol. The molecule has 2 aliphatic rings. The molecule has 0 spiro atoms. The van der Waals surface area contributed by atoms with Crippen molar-refractivity contribution in [1.29, 1.82) is 0 Å². The number of amides is 1. The molecule has 2 N–H and O–H groups in total. The van der Waals surface area contributed by atoms with Crippen LogP contribution in [0, 0.1) is 0 Å². The van der Waals surface area contributed by atoms with E-state index in [4.69, 9.17) is 14.8 Å². The van der Waals surface area contributed by atoms with Crippen molar-refractivity contribution in [2.75, 3.05) is 25.6 Å². The number of nitrogens with one attached hydrogen (secondary N) is 2. The maximum atomic E-state index is 13.3. The largest absolute Gasteiger partial charge is 0.381 e. The van der Waals surface area contributed by atoms with Gasteiger partial charge >= 0.3 is 0 Å². The van der Waals surface area contributed by atoms with Gasteiger partial charge in [-0.15, -0.1) is 0 Å². The van der Waals surface area contributed by atoms with Crippen LogP contribution in [0.4, 0.5) is 10.2 Å². The van der Waals surface area contributed by atoms with E-state index in [2.05, 4.69) is 20.7 Å². The van der Waals surface area contributed by atoms with Gasteiger partial charge in [0.15, 0.2) is 11.3 Å². The quantitative estimate of drug-likeness (QED) is 0.480. The summed E-state index contributed by atoms with van der Waals surface area (Å²) >= 11 is 0. The molecule has 0 aromatic carbocycles. The molecule has 2 atom stereocenters. The van der Waals surface area contributed by atoms with Gasteiger partial charge in [0.25, 0.3) is 5.91 Å². The van der Waals surface area contributed by atoms with Gasteiger partial charge in [0, 0.05) is 44.3 Å². The van der Waals surface area contributed by atoms with E-state index in [9.17, 15) is 9.18 Å². The van der Waals surface area contributed by atoms with E-state index in [-0.39, 0.29) is 11.9 Å². The number of hydrogen-bond acceptors (Lipinski definition) is 7. The predicted octanol–water partition coefficient (Wildman–Crippen LogP) is 2.37. The number of aromatic nitrogens is 6. The van der Waals surface area contributed by atoms with Crippen LogP contribution < -0.4 is 10.6 Å². The second-order valence-electron chi connectivity index (χ2n) is 8.41. The summed E-state index contributed by atoms with van der Waals surface area (Å²) < 4.78 is 22.4. The van der Waals surface area contributed by atoms with E-state index in [1.165, 1.54) is 6.20 Å². The van der Waals surface area contributed by atoms with Crippen molar-refractivity contribution in [3.05, 3.63) is 36.2 Å². The third-order valence-electron chi connectivity index (χ3n) is 6.25. The Hall–Kier alpha value is -3.60. The maximum absolute atomic E-state index is 13.3. The molecular weight excluding hydrogens is 427 g/mol. The van der Waals surface area contributed by atoms with Crippen molar-refractivity contribution in [2.45, 2.75) is 37.5 Å². The molecule has 1 amide bonds. The number of ether oxygens (including phenoxy) is 1. The van der Waals surface area contributed by atoms with E-state index >= 15 is 0 Å². The summed E-state index contributed by atoms with van der Waals surface area (Å²) in [4.78, 5) is 22.1. The topological polar surface area (TPSA) is 111 Å². The molecule has 1 saturated heterocycles. The molecule has 1 aliphatic carbocycles. The Balaban J connectivity index is 1.48. The van der Waals surface area contributed by atoms with Crippen molar-refractivity contribution in [3.8, 4) is 11.4 Å². The van der Waals surface area contributed by atoms with E-state index in [1.807, 2.05) is 22.9 Å². The van der Waals surface area contributed by atoms with Crippen LogP contribution in [0.2, 0.25) is 0 Å². The number of halogens is 1. The summed E-state index contributed by atoms with van der Waals surface area (Å²) in [6.45, 7) is 1.38. The summed E-state index contributed by atoms with van der Waals surface area (Å²) in [5.41, 5.74) is 2.74. The first kappa shape index (κ1) is 20.0. The van der Waals surface area contributed by atoms with Gasteiger partial charge < -0.3 is 15.4 Å². The first-order valence-corrected chi connectivity index (χ1v) is 11.1. The summed E-state index contributed by atoms with van der Waals surface area (Å²) in [7, 11) is 1.78. The zero-order valence-corrected chi connectivity index (χ0v) is 18.0. The van der Waals surface area contributed by atoms with Gasteiger partial charge in [-0.2, -0.15) is 14.7 Å². The number of carbonyl (C=O) groups is 1. The fraction of sp³-hybridized carbons (Fsp3) is 0.409. The van der Waals surface area contributed by atoms with Crippen molar-refractivity contribution in [2.24, 2.45) is 0 Å². The third-order valence-corrected chi connectivity index (χ3v) is 6.25. The minimum Gasteiger partial charge on any atom is -0.381 e. The highest BCUT2D eigenvalue weighted by Crippen LogP contribution is 2.32. The lowest BCUT2D eigenvalue weighted by Crippen LogP contribution is -2.27. The summed E-state index contributed by atoms with van der Waals surface area (Å²) in [5.74, 6) is 0.266. The lowest BCUT2D eigenvalue weighted by Gasteiger charge is -2.22. The molecular formula is C22H23FN8O2. The lowest BCUT2D eigenvalue weighted by molar-refractivity contribution is 0.0674. The van der Waals surface area contributed by atoms with Gasteiger partial charge in [0.1, 0.15) is 23.2 Å². The Morgan fingerprint density at radius 3 is 2.85 bits per heavy atom. The molecule has 1 aliphatic heterocycles. The molecule has 33 heavy (non-hydrogen) atoms. The fourth-order valence-electron chi connectivity index (χ4n) is 4.33. The maximum Gasteiger partial charge on any atom is 0.257 e. The minimum absolute atomic E-state index is 0.195. The molecule has 4 aromatic rings. The Kier molecular flexibility index (Phi) is 4.72. The molecule has 6 rings (SSSR count). The highest BCUT2D eigenvalue weighted by Gasteiger charge is 2.39. The Morgan fingerprint density at radius 2 is 2.09 bits per heavy atom. The molecule has 5 heterocycles. The van der Waals surface area contributed by atoms with Crippen LogP contribution in [0.1, 0.15) is 35.7 Å². The molecule has 1 saturated carbocycles. The average molecular weight is 450 g/mol. The van der Waals surface area contributed by atoms with Crippen molar-refractivity contribution >= 4 is 28.4 Å². The van der Waals surface area contributed by atoms with Gasteiger partial charge in [-0.3, -0.25) is 4.79 Å². The number of alkyl halides is 1. The SMILES string of the molecule is CNc1cc(-c2nn(C3CCOCC3)c3ncccc23)nc2c(C(=O)N[C@H]3C[C@H]3F)cnn12. The van der Waals surface area contributed by atoms with Crippen LogP contribution in [0.5, 0.6) is 0 Å².